The molecule has 1 aromatic heterocycles. The van der Waals surface area contributed by atoms with Crippen LogP contribution in [-0.2, 0) is 17.9 Å². The number of fused-ring (bicyclic) bond motifs is 1. The second-order valence-corrected chi connectivity index (χ2v) is 7.62. The van der Waals surface area contributed by atoms with Crippen molar-refractivity contribution >= 4 is 16.9 Å². The van der Waals surface area contributed by atoms with Crippen molar-refractivity contribution in [3.05, 3.63) is 60.4 Å². The van der Waals surface area contributed by atoms with Gasteiger partial charge < -0.3 is 14.6 Å². The first-order valence-electron chi connectivity index (χ1n) is 9.35. The van der Waals surface area contributed by atoms with E-state index in [2.05, 4.69) is 16.0 Å². The lowest BCUT2D eigenvalue weighted by molar-refractivity contribution is -0.128. The van der Waals surface area contributed by atoms with Crippen molar-refractivity contribution in [1.29, 1.82) is 0 Å². The summed E-state index contributed by atoms with van der Waals surface area (Å²) in [5, 5.41) is 3.00. The summed E-state index contributed by atoms with van der Waals surface area (Å²) in [7, 11) is 0. The third-order valence-corrected chi connectivity index (χ3v) is 4.36. The minimum Gasteiger partial charge on any atom is -0.494 e. The van der Waals surface area contributed by atoms with Crippen LogP contribution in [0.3, 0.4) is 0 Å². The van der Waals surface area contributed by atoms with Crippen molar-refractivity contribution in [2.24, 2.45) is 5.41 Å². The Labute approximate surface area is 160 Å². The van der Waals surface area contributed by atoms with Crippen LogP contribution in [0.5, 0.6) is 5.75 Å². The molecule has 0 fully saturated rings. The van der Waals surface area contributed by atoms with Crippen molar-refractivity contribution < 1.29 is 9.53 Å². The van der Waals surface area contributed by atoms with Crippen LogP contribution < -0.4 is 10.1 Å². The van der Waals surface area contributed by atoms with E-state index in [9.17, 15) is 4.79 Å². The molecule has 1 N–H and O–H groups in total. The number of nitrogens with zero attached hydrogens (tertiary/aromatic N) is 2. The third-order valence-electron chi connectivity index (χ3n) is 4.36. The van der Waals surface area contributed by atoms with Gasteiger partial charge in [0.15, 0.2) is 0 Å². The lowest BCUT2D eigenvalue weighted by Gasteiger charge is -2.18. The molecule has 0 spiro atoms. The van der Waals surface area contributed by atoms with Gasteiger partial charge in [-0.25, -0.2) is 4.98 Å². The molecular weight excluding hydrogens is 338 g/mol. The Bertz CT molecular complexity index is 895. The molecular formula is C22H27N3O2. The Balaban J connectivity index is 1.68. The lowest BCUT2D eigenvalue weighted by atomic mass is 9.96. The molecule has 0 unspecified atom stereocenters. The van der Waals surface area contributed by atoms with Gasteiger partial charge in [0.2, 0.25) is 5.91 Å². The van der Waals surface area contributed by atoms with E-state index in [-0.39, 0.29) is 5.91 Å². The second kappa shape index (κ2) is 8.25. The number of carbonyl (C=O) groups excluding carboxylic acids is 1. The summed E-state index contributed by atoms with van der Waals surface area (Å²) in [4.78, 5) is 16.9. The van der Waals surface area contributed by atoms with Crippen molar-refractivity contribution in [2.45, 2.75) is 40.3 Å². The average molecular weight is 365 g/mol. The summed E-state index contributed by atoms with van der Waals surface area (Å²) in [6.45, 7) is 7.56. The predicted molar refractivity (Wildman–Crippen MR) is 108 cm³/mol. The fourth-order valence-electron chi connectivity index (χ4n) is 2.86. The van der Waals surface area contributed by atoms with Gasteiger partial charge in [-0.1, -0.05) is 51.1 Å². The summed E-state index contributed by atoms with van der Waals surface area (Å²) in [5.41, 5.74) is 1.61. The monoisotopic (exact) mass is 365 g/mol. The molecule has 0 aliphatic rings. The number of amides is 1. The standard InChI is InChI=1S/C22H27N3O2/c1-22(2,3)21(26)23-16-20-24-18-12-7-8-13-19(18)25(20)14-9-15-27-17-10-5-4-6-11-17/h4-8,10-13H,9,14-16H2,1-3H3,(H,23,26). The molecule has 3 rings (SSSR count). The minimum absolute atomic E-state index is 0.0218. The molecule has 142 valence electrons. The molecule has 5 heteroatoms. The van der Waals surface area contributed by atoms with Crippen molar-refractivity contribution in [3.63, 3.8) is 0 Å². The fraction of sp³-hybridized carbons (Fsp3) is 0.364. The Hall–Kier alpha value is -2.82. The topological polar surface area (TPSA) is 56.2 Å². The Kier molecular flexibility index (Phi) is 5.79. The van der Waals surface area contributed by atoms with E-state index in [1.165, 1.54) is 0 Å². The Morgan fingerprint density at radius 2 is 1.78 bits per heavy atom. The number of hydrogen-bond donors (Lipinski definition) is 1. The summed E-state index contributed by atoms with van der Waals surface area (Å²) >= 11 is 0. The van der Waals surface area contributed by atoms with Gasteiger partial charge in [0.05, 0.1) is 24.2 Å². The number of nitrogens with one attached hydrogen (secondary N) is 1. The van der Waals surface area contributed by atoms with Gasteiger partial charge in [0.1, 0.15) is 11.6 Å². The van der Waals surface area contributed by atoms with Gasteiger partial charge >= 0.3 is 0 Å². The molecule has 5 nitrogen and oxygen atoms in total. The lowest BCUT2D eigenvalue weighted by Crippen LogP contribution is -2.35. The number of ether oxygens (including phenoxy) is 1. The van der Waals surface area contributed by atoms with Gasteiger partial charge in [0, 0.05) is 12.0 Å². The normalized spacial score (nSPS) is 11.5. The van der Waals surface area contributed by atoms with E-state index in [0.29, 0.717) is 13.2 Å². The zero-order valence-electron chi connectivity index (χ0n) is 16.2. The molecule has 0 aliphatic carbocycles. The quantitative estimate of drug-likeness (QED) is 0.640. The van der Waals surface area contributed by atoms with Crippen molar-refractivity contribution in [1.82, 2.24) is 14.9 Å². The first kappa shape index (κ1) is 19.0. The summed E-state index contributed by atoms with van der Waals surface area (Å²) in [5.74, 6) is 1.77. The Morgan fingerprint density at radius 3 is 2.52 bits per heavy atom. The van der Waals surface area contributed by atoms with E-state index in [4.69, 9.17) is 9.72 Å². The molecule has 0 radical (unpaired) electrons. The van der Waals surface area contributed by atoms with E-state index in [0.717, 1.165) is 35.6 Å². The van der Waals surface area contributed by atoms with Crippen LogP contribution in [0.1, 0.15) is 33.0 Å². The third kappa shape index (κ3) is 4.88. The first-order chi connectivity index (χ1) is 12.9. The number of para-hydroxylation sites is 3. The summed E-state index contributed by atoms with van der Waals surface area (Å²) in [6.07, 6.45) is 0.857. The number of benzene rings is 2. The summed E-state index contributed by atoms with van der Waals surface area (Å²) in [6, 6.07) is 17.9. The van der Waals surface area contributed by atoms with E-state index >= 15 is 0 Å². The van der Waals surface area contributed by atoms with E-state index < -0.39 is 5.41 Å². The van der Waals surface area contributed by atoms with Gasteiger partial charge in [-0.2, -0.15) is 0 Å². The summed E-state index contributed by atoms with van der Waals surface area (Å²) < 4.78 is 7.97. The highest BCUT2D eigenvalue weighted by molar-refractivity contribution is 5.81. The highest BCUT2D eigenvalue weighted by Crippen LogP contribution is 2.18. The number of rotatable bonds is 7. The van der Waals surface area contributed by atoms with E-state index in [1.807, 2.05) is 69.3 Å². The maximum atomic E-state index is 12.2. The van der Waals surface area contributed by atoms with Crippen LogP contribution in [0.25, 0.3) is 11.0 Å². The highest BCUT2D eigenvalue weighted by Gasteiger charge is 2.21. The number of imidazole rings is 1. The van der Waals surface area contributed by atoms with Crippen LogP contribution in [0.15, 0.2) is 54.6 Å². The van der Waals surface area contributed by atoms with Crippen LogP contribution in [0.2, 0.25) is 0 Å². The van der Waals surface area contributed by atoms with Gasteiger partial charge in [-0.05, 0) is 30.7 Å². The van der Waals surface area contributed by atoms with Crippen molar-refractivity contribution in [3.8, 4) is 5.75 Å². The SMILES string of the molecule is CC(C)(C)C(=O)NCc1nc2ccccc2n1CCCOc1ccccc1. The maximum Gasteiger partial charge on any atom is 0.225 e. The molecule has 0 bridgehead atoms. The highest BCUT2D eigenvalue weighted by atomic mass is 16.5. The second-order valence-electron chi connectivity index (χ2n) is 7.62. The molecule has 0 saturated carbocycles. The first-order valence-corrected chi connectivity index (χ1v) is 9.35. The predicted octanol–water partition coefficient (Wildman–Crippen LogP) is 4.17. The molecule has 3 aromatic rings. The largest absolute Gasteiger partial charge is 0.494 e. The molecule has 1 heterocycles. The van der Waals surface area contributed by atoms with Gasteiger partial charge in [-0.15, -0.1) is 0 Å². The average Bonchev–Trinajstić information content (AvgIpc) is 3.01. The number of hydrogen-bond acceptors (Lipinski definition) is 3. The number of aryl methyl sites for hydroxylation is 1. The van der Waals surface area contributed by atoms with Crippen LogP contribution in [-0.4, -0.2) is 22.1 Å². The van der Waals surface area contributed by atoms with Gasteiger partial charge in [0.25, 0.3) is 0 Å². The van der Waals surface area contributed by atoms with Crippen molar-refractivity contribution in [2.75, 3.05) is 6.61 Å². The van der Waals surface area contributed by atoms with Crippen LogP contribution in [0, 0.1) is 5.41 Å². The molecule has 0 saturated heterocycles. The molecule has 2 aromatic carbocycles. The van der Waals surface area contributed by atoms with Crippen LogP contribution in [0.4, 0.5) is 0 Å². The van der Waals surface area contributed by atoms with Crippen LogP contribution >= 0.6 is 0 Å². The zero-order chi connectivity index (χ0) is 19.3. The smallest absolute Gasteiger partial charge is 0.225 e. The number of carbonyl (C=O) groups is 1. The Morgan fingerprint density at radius 1 is 1.07 bits per heavy atom. The molecule has 0 atom stereocenters. The molecule has 27 heavy (non-hydrogen) atoms. The fourth-order valence-corrected chi connectivity index (χ4v) is 2.86. The number of aromatic nitrogens is 2. The van der Waals surface area contributed by atoms with E-state index in [1.54, 1.807) is 0 Å². The molecule has 0 aliphatic heterocycles. The van der Waals surface area contributed by atoms with Gasteiger partial charge in [-0.3, -0.25) is 4.79 Å². The molecule has 1 amide bonds. The maximum absolute atomic E-state index is 12.2. The minimum atomic E-state index is -0.416. The zero-order valence-corrected chi connectivity index (χ0v) is 16.2.